The molecular formula is C18H25ClN2O3. The normalized spacial score (nSPS) is 16.0. The van der Waals surface area contributed by atoms with Crippen molar-refractivity contribution in [3.05, 3.63) is 28.8 Å². The molecule has 1 aliphatic heterocycles. The van der Waals surface area contributed by atoms with Gasteiger partial charge in [0.05, 0.1) is 0 Å². The van der Waals surface area contributed by atoms with Crippen LogP contribution in [0.2, 0.25) is 0 Å². The maximum atomic E-state index is 12.4. The lowest BCUT2D eigenvalue weighted by molar-refractivity contribution is -0.140. The molecule has 0 N–H and O–H groups in total. The fourth-order valence-corrected chi connectivity index (χ4v) is 2.94. The number of nitrogens with zero attached hydrogens (tertiary/aromatic N) is 2. The summed E-state index contributed by atoms with van der Waals surface area (Å²) in [7, 11) is 0. The first-order valence-electron chi connectivity index (χ1n) is 8.21. The number of piperazine rings is 1. The number of hydrogen-bond acceptors (Lipinski definition) is 3. The van der Waals surface area contributed by atoms with Crippen LogP contribution in [-0.4, -0.2) is 59.8 Å². The van der Waals surface area contributed by atoms with Crippen molar-refractivity contribution in [3.63, 3.8) is 0 Å². The van der Waals surface area contributed by atoms with Gasteiger partial charge in [0, 0.05) is 26.2 Å². The summed E-state index contributed by atoms with van der Waals surface area (Å²) in [5, 5.41) is -0.525. The summed E-state index contributed by atoms with van der Waals surface area (Å²) in [6.45, 7) is 9.76. The minimum absolute atomic E-state index is 0.0188. The summed E-state index contributed by atoms with van der Waals surface area (Å²) in [6, 6.07) is 4.05. The maximum absolute atomic E-state index is 12.4. The van der Waals surface area contributed by atoms with Crippen LogP contribution in [0.15, 0.2) is 12.1 Å². The average molecular weight is 353 g/mol. The summed E-state index contributed by atoms with van der Waals surface area (Å²) in [5.74, 6) is 0.653. The van der Waals surface area contributed by atoms with E-state index in [9.17, 15) is 9.59 Å². The Bertz CT molecular complexity index is 623. The zero-order chi connectivity index (χ0) is 17.9. The Balaban J connectivity index is 1.89. The largest absolute Gasteiger partial charge is 0.483 e. The van der Waals surface area contributed by atoms with Gasteiger partial charge in [-0.25, -0.2) is 0 Å². The van der Waals surface area contributed by atoms with Gasteiger partial charge in [-0.15, -0.1) is 11.6 Å². The first kappa shape index (κ1) is 18.6. The Morgan fingerprint density at radius 2 is 1.62 bits per heavy atom. The van der Waals surface area contributed by atoms with E-state index in [0.717, 1.165) is 22.4 Å². The molecule has 6 heteroatoms. The third-order valence-electron chi connectivity index (χ3n) is 4.50. The van der Waals surface area contributed by atoms with Gasteiger partial charge in [-0.1, -0.05) is 12.1 Å². The Labute approximate surface area is 148 Å². The second-order valence-electron chi connectivity index (χ2n) is 6.26. The van der Waals surface area contributed by atoms with Crippen molar-refractivity contribution >= 4 is 23.4 Å². The molecule has 1 atom stereocenters. The molecule has 1 fully saturated rings. The third-order valence-corrected chi connectivity index (χ3v) is 4.68. The topological polar surface area (TPSA) is 49.9 Å². The van der Waals surface area contributed by atoms with Crippen LogP contribution in [0.25, 0.3) is 0 Å². The Morgan fingerprint density at radius 3 is 2.21 bits per heavy atom. The van der Waals surface area contributed by atoms with E-state index >= 15 is 0 Å². The molecule has 1 saturated heterocycles. The van der Waals surface area contributed by atoms with Crippen molar-refractivity contribution in [3.8, 4) is 5.75 Å². The van der Waals surface area contributed by atoms with E-state index in [2.05, 4.69) is 0 Å². The standard InChI is InChI=1S/C18H25ClN2O3/c1-12-5-6-13(2)17(14(12)3)24-11-16(22)20-7-9-21(10-8-20)18(23)15(4)19/h5-6,15H,7-11H2,1-4H3. The van der Waals surface area contributed by atoms with E-state index in [4.69, 9.17) is 16.3 Å². The van der Waals surface area contributed by atoms with E-state index in [0.29, 0.717) is 26.2 Å². The van der Waals surface area contributed by atoms with E-state index in [1.54, 1.807) is 16.7 Å². The first-order valence-corrected chi connectivity index (χ1v) is 8.65. The van der Waals surface area contributed by atoms with Crippen molar-refractivity contribution < 1.29 is 14.3 Å². The van der Waals surface area contributed by atoms with Gasteiger partial charge in [0.15, 0.2) is 6.61 Å². The van der Waals surface area contributed by atoms with Crippen LogP contribution in [0.1, 0.15) is 23.6 Å². The summed E-state index contributed by atoms with van der Waals surface area (Å²) < 4.78 is 5.78. The van der Waals surface area contributed by atoms with E-state index in [1.165, 1.54) is 0 Å². The summed E-state index contributed by atoms with van der Waals surface area (Å²) >= 11 is 5.83. The highest BCUT2D eigenvalue weighted by Gasteiger charge is 2.26. The highest BCUT2D eigenvalue weighted by Crippen LogP contribution is 2.25. The maximum Gasteiger partial charge on any atom is 0.260 e. The van der Waals surface area contributed by atoms with E-state index in [-0.39, 0.29) is 18.4 Å². The quantitative estimate of drug-likeness (QED) is 0.781. The van der Waals surface area contributed by atoms with Gasteiger partial charge >= 0.3 is 0 Å². The van der Waals surface area contributed by atoms with Gasteiger partial charge in [-0.2, -0.15) is 0 Å². The van der Waals surface area contributed by atoms with Crippen molar-refractivity contribution in [2.75, 3.05) is 32.8 Å². The molecule has 1 unspecified atom stereocenters. The number of carbonyl (C=O) groups excluding carboxylic acids is 2. The van der Waals surface area contributed by atoms with E-state index < -0.39 is 5.38 Å². The summed E-state index contributed by atoms with van der Waals surface area (Å²) in [6.07, 6.45) is 0. The molecule has 0 aliphatic carbocycles. The van der Waals surface area contributed by atoms with Crippen LogP contribution in [0, 0.1) is 20.8 Å². The number of alkyl halides is 1. The first-order chi connectivity index (χ1) is 11.3. The number of aryl methyl sites for hydroxylation is 2. The Morgan fingerprint density at radius 1 is 1.08 bits per heavy atom. The molecule has 2 rings (SSSR count). The van der Waals surface area contributed by atoms with Crippen LogP contribution in [0.5, 0.6) is 5.75 Å². The van der Waals surface area contributed by atoms with Gasteiger partial charge in [0.2, 0.25) is 5.91 Å². The molecule has 1 heterocycles. The second-order valence-corrected chi connectivity index (χ2v) is 6.92. The molecule has 0 bridgehead atoms. The monoisotopic (exact) mass is 352 g/mol. The van der Waals surface area contributed by atoms with Crippen molar-refractivity contribution in [2.45, 2.75) is 33.1 Å². The number of benzene rings is 1. The fourth-order valence-electron chi connectivity index (χ4n) is 2.80. The number of carbonyl (C=O) groups is 2. The van der Waals surface area contributed by atoms with Crippen molar-refractivity contribution in [1.82, 2.24) is 9.80 Å². The lowest BCUT2D eigenvalue weighted by Crippen LogP contribution is -2.52. The Hall–Kier alpha value is -1.75. The number of ether oxygens (including phenoxy) is 1. The molecule has 0 radical (unpaired) electrons. The Kier molecular flexibility index (Phi) is 6.10. The molecule has 0 saturated carbocycles. The SMILES string of the molecule is Cc1ccc(C)c(OCC(=O)N2CCN(C(=O)C(C)Cl)CC2)c1C. The van der Waals surface area contributed by atoms with Crippen LogP contribution in [0.3, 0.4) is 0 Å². The zero-order valence-corrected chi connectivity index (χ0v) is 15.5. The lowest BCUT2D eigenvalue weighted by atomic mass is 10.1. The summed E-state index contributed by atoms with van der Waals surface area (Å²) in [5.41, 5.74) is 3.23. The highest BCUT2D eigenvalue weighted by molar-refractivity contribution is 6.30. The van der Waals surface area contributed by atoms with Crippen LogP contribution in [0.4, 0.5) is 0 Å². The molecule has 5 nitrogen and oxygen atoms in total. The van der Waals surface area contributed by atoms with Crippen LogP contribution < -0.4 is 4.74 Å². The molecule has 2 amide bonds. The number of halogens is 1. The predicted octanol–water partition coefficient (Wildman–Crippen LogP) is 2.29. The van der Waals surface area contributed by atoms with E-state index in [1.807, 2.05) is 32.9 Å². The molecule has 1 aromatic carbocycles. The van der Waals surface area contributed by atoms with Crippen molar-refractivity contribution in [1.29, 1.82) is 0 Å². The zero-order valence-electron chi connectivity index (χ0n) is 14.8. The summed E-state index contributed by atoms with van der Waals surface area (Å²) in [4.78, 5) is 27.7. The molecule has 0 aromatic heterocycles. The van der Waals surface area contributed by atoms with Gasteiger partial charge in [0.25, 0.3) is 5.91 Å². The number of rotatable bonds is 4. The molecule has 132 valence electrons. The van der Waals surface area contributed by atoms with Gasteiger partial charge in [-0.05, 0) is 44.4 Å². The molecule has 1 aliphatic rings. The molecule has 1 aromatic rings. The lowest BCUT2D eigenvalue weighted by Gasteiger charge is -2.35. The number of hydrogen-bond donors (Lipinski definition) is 0. The van der Waals surface area contributed by atoms with Gasteiger partial charge in [-0.3, -0.25) is 9.59 Å². The van der Waals surface area contributed by atoms with Crippen LogP contribution in [-0.2, 0) is 9.59 Å². The smallest absolute Gasteiger partial charge is 0.260 e. The van der Waals surface area contributed by atoms with Crippen LogP contribution >= 0.6 is 11.6 Å². The second kappa shape index (κ2) is 7.88. The average Bonchev–Trinajstić information content (AvgIpc) is 2.57. The number of amides is 2. The van der Waals surface area contributed by atoms with Crippen molar-refractivity contribution in [2.24, 2.45) is 0 Å². The third kappa shape index (κ3) is 4.20. The van der Waals surface area contributed by atoms with Gasteiger partial charge < -0.3 is 14.5 Å². The molecule has 24 heavy (non-hydrogen) atoms. The van der Waals surface area contributed by atoms with Gasteiger partial charge in [0.1, 0.15) is 11.1 Å². The minimum atomic E-state index is -0.525. The molecular weight excluding hydrogens is 328 g/mol. The predicted molar refractivity (Wildman–Crippen MR) is 94.6 cm³/mol. The highest BCUT2D eigenvalue weighted by atomic mass is 35.5. The fraction of sp³-hybridized carbons (Fsp3) is 0.556. The molecule has 0 spiro atoms. The minimum Gasteiger partial charge on any atom is -0.483 e.